The Labute approximate surface area is 281 Å². The number of urea groups is 2. The fourth-order valence-electron chi connectivity index (χ4n) is 7.51. The Bertz CT molecular complexity index is 1770. The number of amides is 6. The van der Waals surface area contributed by atoms with E-state index < -0.39 is 11.1 Å². The van der Waals surface area contributed by atoms with Crippen molar-refractivity contribution < 1.29 is 19.2 Å². The molecule has 4 saturated heterocycles. The Morgan fingerprint density at radius 2 is 1.09 bits per heavy atom. The fourth-order valence-corrected chi connectivity index (χ4v) is 8.41. The predicted molar refractivity (Wildman–Crippen MR) is 183 cm³/mol. The van der Waals surface area contributed by atoms with Crippen LogP contribution in [0.15, 0.2) is 57.7 Å². The fraction of sp³-hybridized carbons (Fsp3) is 0.375. The van der Waals surface area contributed by atoms with Crippen LogP contribution in [0.5, 0.6) is 0 Å². The minimum atomic E-state index is -0.767. The van der Waals surface area contributed by atoms with Crippen LogP contribution in [-0.2, 0) is 9.59 Å². The molecule has 4 aliphatic heterocycles. The van der Waals surface area contributed by atoms with Crippen molar-refractivity contribution in [3.05, 3.63) is 57.7 Å². The first-order valence-electron chi connectivity index (χ1n) is 15.3. The largest absolute Gasteiger partial charge is 0.370 e. The summed E-state index contributed by atoms with van der Waals surface area (Å²) >= 11 is 7.12. The summed E-state index contributed by atoms with van der Waals surface area (Å²) in [6.07, 6.45) is 5.06. The van der Waals surface area contributed by atoms with Gasteiger partial charge in [-0.05, 0) is 49.2 Å². The maximum absolute atomic E-state index is 12.2. The number of benzene rings is 2. The molecule has 6 amide bonds. The summed E-state index contributed by atoms with van der Waals surface area (Å²) in [4.78, 5) is 58.6. The van der Waals surface area contributed by atoms with Crippen molar-refractivity contribution in [3.63, 3.8) is 0 Å². The summed E-state index contributed by atoms with van der Waals surface area (Å²) in [6.45, 7) is 6.89. The van der Waals surface area contributed by atoms with Gasteiger partial charge >= 0.3 is 12.1 Å². The number of imide groups is 2. The molecule has 4 fully saturated rings. The summed E-state index contributed by atoms with van der Waals surface area (Å²) in [5, 5.41) is 12.8. The van der Waals surface area contributed by atoms with E-state index in [0.717, 1.165) is 55.2 Å². The van der Waals surface area contributed by atoms with Crippen molar-refractivity contribution in [3.8, 4) is 0 Å². The number of aromatic amines is 2. The zero-order valence-corrected chi connectivity index (χ0v) is 28.5. The number of carbonyl (C=O) groups is 4. The van der Waals surface area contributed by atoms with E-state index in [2.05, 4.69) is 109 Å². The molecule has 0 bridgehead atoms. The topological polar surface area (TPSA) is 154 Å². The van der Waals surface area contributed by atoms with Crippen molar-refractivity contribution in [2.24, 2.45) is 11.8 Å². The third-order valence-electron chi connectivity index (χ3n) is 10.1. The summed E-state index contributed by atoms with van der Waals surface area (Å²) in [5.74, 6) is -0.349. The number of aromatic nitrogens is 2. The van der Waals surface area contributed by atoms with Crippen LogP contribution in [0.4, 0.5) is 21.0 Å². The summed E-state index contributed by atoms with van der Waals surface area (Å²) < 4.78 is 2.03. The highest BCUT2D eigenvalue weighted by Gasteiger charge is 2.53. The van der Waals surface area contributed by atoms with Gasteiger partial charge in [-0.15, -0.1) is 0 Å². The maximum atomic E-state index is 12.2. The first-order chi connectivity index (χ1) is 22.0. The monoisotopic (exact) mass is 752 g/mol. The van der Waals surface area contributed by atoms with Crippen LogP contribution < -0.4 is 31.1 Å². The molecule has 8 rings (SSSR count). The lowest BCUT2D eigenvalue weighted by atomic mass is 9.78. The molecule has 46 heavy (non-hydrogen) atoms. The van der Waals surface area contributed by atoms with Gasteiger partial charge in [0.25, 0.3) is 11.8 Å². The molecule has 2 aromatic heterocycles. The Kier molecular flexibility index (Phi) is 7.54. The zero-order chi connectivity index (χ0) is 32.4. The van der Waals surface area contributed by atoms with E-state index in [1.165, 1.54) is 0 Å². The van der Waals surface area contributed by atoms with E-state index in [4.69, 9.17) is 0 Å². The normalized spacial score (nSPS) is 27.6. The van der Waals surface area contributed by atoms with Gasteiger partial charge < -0.3 is 30.4 Å². The van der Waals surface area contributed by atoms with Crippen LogP contribution in [0, 0.1) is 11.8 Å². The third-order valence-corrected chi connectivity index (χ3v) is 11.0. The summed E-state index contributed by atoms with van der Waals surface area (Å²) in [5.41, 5.74) is 2.90. The number of rotatable bonds is 2. The first-order valence-corrected chi connectivity index (χ1v) is 16.9. The van der Waals surface area contributed by atoms with E-state index in [1.807, 2.05) is 26.2 Å². The van der Waals surface area contributed by atoms with E-state index in [-0.39, 0.29) is 35.7 Å². The standard InChI is InChI=1S/2C16H17BrN4O2/c2*1-9-8-21(5-3-16(9)14(22)19-15(23)20-16)13-7-10(17)6-12-11(13)2-4-18-12/h2*2,4,6-7,9,18H,3,5,8H2,1H3,(H2,19,20,22,23)/t9-,16+;/m1./s1. The summed E-state index contributed by atoms with van der Waals surface area (Å²) in [6, 6.07) is 11.7. The molecule has 4 atom stereocenters. The molecule has 12 nitrogen and oxygen atoms in total. The molecule has 2 unspecified atom stereocenters. The SMILES string of the molecule is CC1CN(c2cc(Br)cc3[nH]ccc23)CCC12NC(=O)NC2=O.C[C@@H]1CN(c2cc(Br)cc3[nH]ccc23)CC[C@]12NC(=O)NC2=O. The number of hydrogen-bond acceptors (Lipinski definition) is 6. The smallest absolute Gasteiger partial charge is 0.322 e. The lowest BCUT2D eigenvalue weighted by molar-refractivity contribution is -0.127. The number of nitrogens with one attached hydrogen (secondary N) is 6. The van der Waals surface area contributed by atoms with Crippen LogP contribution in [0.25, 0.3) is 21.8 Å². The van der Waals surface area contributed by atoms with Crippen molar-refractivity contribution in [2.45, 2.75) is 37.8 Å². The highest BCUT2D eigenvalue weighted by Crippen LogP contribution is 2.38. The van der Waals surface area contributed by atoms with E-state index in [9.17, 15) is 19.2 Å². The molecule has 4 aromatic rings. The quantitative estimate of drug-likeness (QED) is 0.163. The van der Waals surface area contributed by atoms with Gasteiger partial charge in [0.2, 0.25) is 0 Å². The number of piperidine rings is 2. The van der Waals surface area contributed by atoms with Crippen molar-refractivity contribution in [1.82, 2.24) is 31.2 Å². The lowest BCUT2D eigenvalue weighted by Gasteiger charge is -2.43. The van der Waals surface area contributed by atoms with Gasteiger partial charge in [-0.2, -0.15) is 0 Å². The first kappa shape index (κ1) is 30.6. The van der Waals surface area contributed by atoms with Crippen LogP contribution in [0.2, 0.25) is 0 Å². The molecule has 0 aliphatic carbocycles. The van der Waals surface area contributed by atoms with Gasteiger partial charge in [-0.25, -0.2) is 9.59 Å². The Morgan fingerprint density at radius 1 is 0.674 bits per heavy atom. The average Bonchev–Trinajstić information content (AvgIpc) is 3.78. The van der Waals surface area contributed by atoms with Gasteiger partial charge in [0.05, 0.1) is 0 Å². The Morgan fingerprint density at radius 3 is 1.43 bits per heavy atom. The van der Waals surface area contributed by atoms with E-state index >= 15 is 0 Å². The minimum absolute atomic E-state index is 0.0238. The average molecular weight is 754 g/mol. The van der Waals surface area contributed by atoms with Crippen LogP contribution in [0.3, 0.4) is 0 Å². The molecule has 2 spiro atoms. The van der Waals surface area contributed by atoms with Gasteiger partial charge in [0.1, 0.15) is 11.1 Å². The number of fused-ring (bicyclic) bond motifs is 2. The van der Waals surface area contributed by atoms with Crippen molar-refractivity contribution >= 4 is 88.9 Å². The second-order valence-corrected chi connectivity index (χ2v) is 14.5. The molecule has 14 heteroatoms. The molecule has 240 valence electrons. The van der Waals surface area contributed by atoms with Crippen LogP contribution in [-0.4, -0.2) is 71.1 Å². The highest BCUT2D eigenvalue weighted by atomic mass is 79.9. The predicted octanol–water partition coefficient (Wildman–Crippen LogP) is 4.71. The molecule has 2 aromatic carbocycles. The summed E-state index contributed by atoms with van der Waals surface area (Å²) in [7, 11) is 0. The van der Waals surface area contributed by atoms with E-state index in [0.29, 0.717) is 25.9 Å². The Balaban J connectivity index is 0.000000147. The molecule has 0 radical (unpaired) electrons. The molecular weight excluding hydrogens is 720 g/mol. The number of carbonyl (C=O) groups excluding carboxylic acids is 4. The number of halogens is 2. The van der Waals surface area contributed by atoms with Crippen molar-refractivity contribution in [1.29, 1.82) is 0 Å². The molecule has 6 N–H and O–H groups in total. The second kappa shape index (κ2) is 11.3. The van der Waals surface area contributed by atoms with Gasteiger partial charge in [-0.3, -0.25) is 20.2 Å². The van der Waals surface area contributed by atoms with Crippen LogP contribution in [0.1, 0.15) is 26.7 Å². The molecule has 0 saturated carbocycles. The third kappa shape index (κ3) is 5.02. The molecule has 4 aliphatic rings. The number of hydrogen-bond donors (Lipinski definition) is 6. The van der Waals surface area contributed by atoms with E-state index in [1.54, 1.807) is 0 Å². The lowest BCUT2D eigenvalue weighted by Crippen LogP contribution is -2.60. The number of H-pyrrole nitrogens is 2. The van der Waals surface area contributed by atoms with Gasteiger partial charge in [0, 0.05) is 92.5 Å². The number of nitrogens with zero attached hydrogens (tertiary/aromatic N) is 2. The van der Waals surface area contributed by atoms with Gasteiger partial charge in [0.15, 0.2) is 0 Å². The minimum Gasteiger partial charge on any atom is -0.370 e. The number of anilines is 2. The zero-order valence-electron chi connectivity index (χ0n) is 25.3. The molecule has 6 heterocycles. The van der Waals surface area contributed by atoms with Gasteiger partial charge in [-0.1, -0.05) is 45.7 Å². The van der Waals surface area contributed by atoms with Crippen LogP contribution >= 0.6 is 31.9 Å². The maximum Gasteiger partial charge on any atom is 0.322 e. The molecular formula is C32H34Br2N8O4. The highest BCUT2D eigenvalue weighted by molar-refractivity contribution is 9.10. The second-order valence-electron chi connectivity index (χ2n) is 12.7. The van der Waals surface area contributed by atoms with Crippen molar-refractivity contribution in [2.75, 3.05) is 36.0 Å². The Hall–Kier alpha value is -4.04.